The van der Waals surface area contributed by atoms with Crippen LogP contribution in [0, 0.1) is 0 Å². The second kappa shape index (κ2) is 11.7. The molecule has 6 nitrogen and oxygen atoms in total. The Labute approximate surface area is 180 Å². The molecule has 0 amide bonds. The Balaban J connectivity index is 0.00000261. The van der Waals surface area contributed by atoms with Crippen molar-refractivity contribution in [3.63, 3.8) is 0 Å². The fraction of sp³-hybridized carbons (Fsp3) is 0.650. The molecular weight excluding hydrogens is 453 g/mol. The van der Waals surface area contributed by atoms with Crippen LogP contribution in [-0.2, 0) is 11.3 Å². The van der Waals surface area contributed by atoms with E-state index in [0.717, 1.165) is 51.9 Å². The van der Waals surface area contributed by atoms with Gasteiger partial charge in [0.2, 0.25) is 0 Å². The summed E-state index contributed by atoms with van der Waals surface area (Å²) < 4.78 is 5.42. The van der Waals surface area contributed by atoms with E-state index in [-0.39, 0.29) is 24.0 Å². The summed E-state index contributed by atoms with van der Waals surface area (Å²) in [6.07, 6.45) is 2.59. The average molecular weight is 487 g/mol. The van der Waals surface area contributed by atoms with Crippen LogP contribution in [-0.4, -0.2) is 69.9 Å². The highest BCUT2D eigenvalue weighted by molar-refractivity contribution is 14.0. The van der Waals surface area contributed by atoms with Gasteiger partial charge in [0.25, 0.3) is 0 Å². The number of likely N-dealkylation sites (N-methyl/N-ethyl adjacent to an activating group) is 1. The quantitative estimate of drug-likeness (QED) is 0.367. The lowest BCUT2D eigenvalue weighted by molar-refractivity contribution is 0.122. The molecule has 2 heterocycles. The summed E-state index contributed by atoms with van der Waals surface area (Å²) in [6.45, 7) is 9.94. The first-order valence-corrected chi connectivity index (χ1v) is 9.90. The maximum atomic E-state index is 5.42. The molecule has 2 N–H and O–H groups in total. The number of hydrogen-bond donors (Lipinski definition) is 2. The summed E-state index contributed by atoms with van der Waals surface area (Å²) in [6, 6.07) is 9.43. The molecular formula is C20H34IN5O. The third-order valence-electron chi connectivity index (χ3n) is 5.41. The number of ether oxygens (including phenoxy) is 1. The van der Waals surface area contributed by atoms with Crippen molar-refractivity contribution in [1.82, 2.24) is 15.5 Å². The molecule has 1 aromatic rings. The Hall–Kier alpha value is -1.06. The van der Waals surface area contributed by atoms with Gasteiger partial charge in [-0.1, -0.05) is 19.1 Å². The average Bonchev–Trinajstić information content (AvgIpc) is 3.17. The number of anilines is 1. The molecule has 3 rings (SSSR count). The number of aliphatic imine (C=N–C) groups is 1. The highest BCUT2D eigenvalue weighted by Gasteiger charge is 2.22. The monoisotopic (exact) mass is 487 g/mol. The van der Waals surface area contributed by atoms with Gasteiger partial charge in [0, 0.05) is 45.0 Å². The molecule has 2 saturated heterocycles. The normalized spacial score (nSPS) is 21.0. The zero-order valence-electron chi connectivity index (χ0n) is 16.6. The zero-order valence-corrected chi connectivity index (χ0v) is 18.9. The minimum Gasteiger partial charge on any atom is -0.378 e. The molecule has 27 heavy (non-hydrogen) atoms. The van der Waals surface area contributed by atoms with Gasteiger partial charge in [0.05, 0.1) is 13.2 Å². The van der Waals surface area contributed by atoms with Crippen LogP contribution in [0.15, 0.2) is 29.3 Å². The van der Waals surface area contributed by atoms with E-state index in [4.69, 9.17) is 4.74 Å². The Morgan fingerprint density at radius 2 is 1.89 bits per heavy atom. The summed E-state index contributed by atoms with van der Waals surface area (Å²) in [5, 5.41) is 6.91. The maximum Gasteiger partial charge on any atom is 0.191 e. The van der Waals surface area contributed by atoms with Crippen LogP contribution in [0.1, 0.15) is 25.3 Å². The first-order chi connectivity index (χ1) is 12.8. The summed E-state index contributed by atoms with van der Waals surface area (Å²) in [7, 11) is 1.84. The predicted molar refractivity (Wildman–Crippen MR) is 123 cm³/mol. The topological polar surface area (TPSA) is 52.1 Å². The van der Waals surface area contributed by atoms with E-state index < -0.39 is 0 Å². The van der Waals surface area contributed by atoms with Crippen molar-refractivity contribution in [3.8, 4) is 0 Å². The van der Waals surface area contributed by atoms with Gasteiger partial charge in [-0.2, -0.15) is 0 Å². The van der Waals surface area contributed by atoms with E-state index in [2.05, 4.69) is 56.6 Å². The number of morpholine rings is 1. The zero-order chi connectivity index (χ0) is 18.2. The van der Waals surface area contributed by atoms with Gasteiger partial charge in [-0.25, -0.2) is 0 Å². The van der Waals surface area contributed by atoms with Crippen LogP contribution in [0.3, 0.4) is 0 Å². The highest BCUT2D eigenvalue weighted by Crippen LogP contribution is 2.17. The smallest absolute Gasteiger partial charge is 0.191 e. The molecule has 0 aliphatic carbocycles. The first kappa shape index (κ1) is 22.2. The number of nitrogens with one attached hydrogen (secondary N) is 2. The van der Waals surface area contributed by atoms with Crippen LogP contribution >= 0.6 is 24.0 Å². The number of halogens is 1. The largest absolute Gasteiger partial charge is 0.378 e. The van der Waals surface area contributed by atoms with Gasteiger partial charge in [-0.05, 0) is 43.6 Å². The van der Waals surface area contributed by atoms with Crippen LogP contribution < -0.4 is 15.5 Å². The van der Waals surface area contributed by atoms with Crippen molar-refractivity contribution in [2.45, 2.75) is 32.4 Å². The summed E-state index contributed by atoms with van der Waals surface area (Å²) >= 11 is 0. The lowest BCUT2D eigenvalue weighted by atomic mass is 10.2. The fourth-order valence-electron chi connectivity index (χ4n) is 3.81. The molecule has 1 aromatic carbocycles. The van der Waals surface area contributed by atoms with E-state index in [0.29, 0.717) is 6.04 Å². The standard InChI is InChI=1S/C20H33N5O.HI/c1-3-24-10-4-5-19(24)16-23-20(21-2)22-15-17-6-8-18(9-7-17)25-11-13-26-14-12-25;/h6-9,19H,3-5,10-16H2,1-2H3,(H2,21,22,23);1H. The molecule has 2 aliphatic rings. The van der Waals surface area contributed by atoms with Crippen LogP contribution in [0.25, 0.3) is 0 Å². The van der Waals surface area contributed by atoms with Crippen molar-refractivity contribution in [3.05, 3.63) is 29.8 Å². The number of likely N-dealkylation sites (tertiary alicyclic amines) is 1. The van der Waals surface area contributed by atoms with E-state index in [1.165, 1.54) is 30.6 Å². The van der Waals surface area contributed by atoms with Crippen molar-refractivity contribution in [2.24, 2.45) is 4.99 Å². The second-order valence-corrected chi connectivity index (χ2v) is 7.00. The fourth-order valence-corrected chi connectivity index (χ4v) is 3.81. The lowest BCUT2D eigenvalue weighted by Gasteiger charge is -2.29. The summed E-state index contributed by atoms with van der Waals surface area (Å²) in [4.78, 5) is 9.28. The minimum absolute atomic E-state index is 0. The van der Waals surface area contributed by atoms with Gasteiger partial charge >= 0.3 is 0 Å². The lowest BCUT2D eigenvalue weighted by Crippen LogP contribution is -2.44. The molecule has 0 spiro atoms. The molecule has 0 saturated carbocycles. The summed E-state index contributed by atoms with van der Waals surface area (Å²) in [5.41, 5.74) is 2.54. The number of benzene rings is 1. The van der Waals surface area contributed by atoms with Crippen LogP contribution in [0.2, 0.25) is 0 Å². The highest BCUT2D eigenvalue weighted by atomic mass is 127. The molecule has 0 aromatic heterocycles. The van der Waals surface area contributed by atoms with E-state index in [9.17, 15) is 0 Å². The van der Waals surface area contributed by atoms with Crippen molar-refractivity contribution >= 4 is 35.6 Å². The second-order valence-electron chi connectivity index (χ2n) is 7.00. The molecule has 0 bridgehead atoms. The van der Waals surface area contributed by atoms with E-state index in [1.807, 2.05) is 7.05 Å². The number of guanidine groups is 1. The molecule has 1 unspecified atom stereocenters. The number of rotatable bonds is 6. The molecule has 2 aliphatic heterocycles. The number of hydrogen-bond acceptors (Lipinski definition) is 4. The SMILES string of the molecule is CCN1CCCC1CNC(=NC)NCc1ccc(N2CCOCC2)cc1.I. The molecule has 152 valence electrons. The van der Waals surface area contributed by atoms with Gasteiger partial charge < -0.3 is 20.3 Å². The minimum atomic E-state index is 0. The van der Waals surface area contributed by atoms with Gasteiger partial charge in [0.15, 0.2) is 5.96 Å². The van der Waals surface area contributed by atoms with Crippen LogP contribution in [0.5, 0.6) is 0 Å². The van der Waals surface area contributed by atoms with Crippen LogP contribution in [0.4, 0.5) is 5.69 Å². The molecule has 0 radical (unpaired) electrons. The molecule has 7 heteroatoms. The Morgan fingerprint density at radius 3 is 2.56 bits per heavy atom. The third-order valence-corrected chi connectivity index (χ3v) is 5.41. The number of nitrogens with zero attached hydrogens (tertiary/aromatic N) is 3. The Bertz CT molecular complexity index is 574. The van der Waals surface area contributed by atoms with E-state index >= 15 is 0 Å². The van der Waals surface area contributed by atoms with Gasteiger partial charge in [0.1, 0.15) is 0 Å². The summed E-state index contributed by atoms with van der Waals surface area (Å²) in [5.74, 6) is 0.880. The Morgan fingerprint density at radius 1 is 1.15 bits per heavy atom. The third kappa shape index (κ3) is 6.50. The van der Waals surface area contributed by atoms with E-state index in [1.54, 1.807) is 0 Å². The molecule has 2 fully saturated rings. The maximum absolute atomic E-state index is 5.42. The first-order valence-electron chi connectivity index (χ1n) is 9.90. The van der Waals surface area contributed by atoms with Crippen molar-refractivity contribution in [1.29, 1.82) is 0 Å². The van der Waals surface area contributed by atoms with Crippen molar-refractivity contribution < 1.29 is 4.74 Å². The predicted octanol–water partition coefficient (Wildman–Crippen LogP) is 2.29. The Kier molecular flexibility index (Phi) is 9.64. The van der Waals surface area contributed by atoms with Crippen molar-refractivity contribution in [2.75, 3.05) is 57.9 Å². The molecule has 1 atom stereocenters. The van der Waals surface area contributed by atoms with Gasteiger partial charge in [-0.3, -0.25) is 9.89 Å². The van der Waals surface area contributed by atoms with Gasteiger partial charge in [-0.15, -0.1) is 24.0 Å².